The maximum absolute atomic E-state index is 12.8. The van der Waals surface area contributed by atoms with E-state index in [0.29, 0.717) is 18.3 Å². The van der Waals surface area contributed by atoms with Crippen molar-refractivity contribution in [2.45, 2.75) is 44.3 Å². The van der Waals surface area contributed by atoms with Crippen molar-refractivity contribution in [3.05, 3.63) is 53.6 Å². The second kappa shape index (κ2) is 7.11. The zero-order valence-electron chi connectivity index (χ0n) is 14.9. The van der Waals surface area contributed by atoms with Crippen molar-refractivity contribution in [1.29, 1.82) is 0 Å². The smallest absolute Gasteiger partial charge is 0.233 e. The van der Waals surface area contributed by atoms with Crippen LogP contribution in [0.3, 0.4) is 0 Å². The summed E-state index contributed by atoms with van der Waals surface area (Å²) in [7, 11) is 0. The molecule has 0 radical (unpaired) electrons. The predicted molar refractivity (Wildman–Crippen MR) is 102 cm³/mol. The maximum atomic E-state index is 12.8. The van der Waals surface area contributed by atoms with Gasteiger partial charge in [-0.25, -0.2) is 9.97 Å². The molecule has 0 saturated heterocycles. The van der Waals surface area contributed by atoms with E-state index in [1.807, 2.05) is 55.1 Å². The number of aryl methyl sites for hydroxylation is 2. The Kier molecular flexibility index (Phi) is 4.68. The number of nitrogens with zero attached hydrogens (tertiary/aromatic N) is 3. The summed E-state index contributed by atoms with van der Waals surface area (Å²) in [5.41, 5.74) is 2.60. The van der Waals surface area contributed by atoms with Crippen LogP contribution in [0.5, 0.6) is 0 Å². The van der Waals surface area contributed by atoms with E-state index < -0.39 is 0 Å². The number of benzene rings is 1. The molecule has 0 spiro atoms. The maximum Gasteiger partial charge on any atom is 0.233 e. The molecule has 4 rings (SSSR count). The lowest BCUT2D eigenvalue weighted by Gasteiger charge is -2.21. The van der Waals surface area contributed by atoms with Gasteiger partial charge in [0.1, 0.15) is 16.5 Å². The highest BCUT2D eigenvalue weighted by atomic mass is 32.2. The molecule has 2 aromatic heterocycles. The number of thioether (sulfide) groups is 1. The average Bonchev–Trinajstić information content (AvgIpc) is 3.39. The Morgan fingerprint density at radius 1 is 1.15 bits per heavy atom. The number of fused-ring (bicyclic) bond motifs is 1. The Morgan fingerprint density at radius 2 is 1.88 bits per heavy atom. The van der Waals surface area contributed by atoms with Gasteiger partial charge in [-0.3, -0.25) is 4.79 Å². The zero-order chi connectivity index (χ0) is 18.1. The second-order valence-electron chi connectivity index (χ2n) is 6.66. The molecule has 1 aliphatic rings. The number of para-hydroxylation sites is 2. The number of furan rings is 1. The normalized spacial score (nSPS) is 13.9. The quantitative estimate of drug-likeness (QED) is 0.613. The van der Waals surface area contributed by atoms with Crippen LogP contribution in [-0.2, 0) is 11.3 Å². The molecule has 0 atom stereocenters. The van der Waals surface area contributed by atoms with Crippen molar-refractivity contribution in [2.75, 3.05) is 5.75 Å². The first-order valence-corrected chi connectivity index (χ1v) is 9.79. The molecule has 1 aromatic carbocycles. The Labute approximate surface area is 156 Å². The van der Waals surface area contributed by atoms with Crippen LogP contribution in [0.25, 0.3) is 11.0 Å². The molecule has 1 saturated carbocycles. The molecule has 0 unspecified atom stereocenters. The first-order chi connectivity index (χ1) is 12.6. The monoisotopic (exact) mass is 367 g/mol. The topological polar surface area (TPSA) is 59.2 Å². The molecule has 1 fully saturated rings. The van der Waals surface area contributed by atoms with Gasteiger partial charge in [-0.05, 0) is 51.0 Å². The summed E-state index contributed by atoms with van der Waals surface area (Å²) in [6.45, 7) is 4.40. The highest BCUT2D eigenvalue weighted by Gasteiger charge is 2.33. The van der Waals surface area contributed by atoms with Gasteiger partial charge >= 0.3 is 0 Å². The molecule has 0 N–H and O–H groups in total. The highest BCUT2D eigenvalue weighted by Crippen LogP contribution is 2.30. The van der Waals surface area contributed by atoms with Crippen LogP contribution in [-0.4, -0.2) is 32.6 Å². The van der Waals surface area contributed by atoms with Crippen LogP contribution in [0, 0.1) is 13.8 Å². The lowest BCUT2D eigenvalue weighted by molar-refractivity contribution is -0.129. The molecule has 0 bridgehead atoms. The van der Waals surface area contributed by atoms with E-state index in [0.717, 1.165) is 46.1 Å². The summed E-state index contributed by atoms with van der Waals surface area (Å²) in [6, 6.07) is 12.0. The van der Waals surface area contributed by atoms with Gasteiger partial charge in [0, 0.05) is 6.04 Å². The number of aromatic nitrogens is 2. The van der Waals surface area contributed by atoms with Gasteiger partial charge < -0.3 is 9.32 Å². The number of carbonyl (C=O) groups is 1. The van der Waals surface area contributed by atoms with Crippen molar-refractivity contribution in [1.82, 2.24) is 14.9 Å². The first kappa shape index (κ1) is 17.1. The number of rotatable bonds is 6. The molecule has 3 aromatic rings. The number of hydrogen-bond donors (Lipinski definition) is 0. The van der Waals surface area contributed by atoms with Crippen LogP contribution in [0.2, 0.25) is 0 Å². The Balaban J connectivity index is 1.46. The summed E-state index contributed by atoms with van der Waals surface area (Å²) in [5.74, 6) is 2.21. The summed E-state index contributed by atoms with van der Waals surface area (Å²) in [6.07, 6.45) is 2.15. The van der Waals surface area contributed by atoms with Crippen LogP contribution < -0.4 is 0 Å². The largest absolute Gasteiger partial charge is 0.464 e. The van der Waals surface area contributed by atoms with Gasteiger partial charge in [-0.2, -0.15) is 0 Å². The fourth-order valence-electron chi connectivity index (χ4n) is 2.97. The van der Waals surface area contributed by atoms with Crippen LogP contribution in [0.15, 0.2) is 45.8 Å². The van der Waals surface area contributed by atoms with Gasteiger partial charge in [-0.15, -0.1) is 0 Å². The van der Waals surface area contributed by atoms with Gasteiger partial charge in [0.25, 0.3) is 0 Å². The molecule has 2 heterocycles. The molecule has 26 heavy (non-hydrogen) atoms. The average molecular weight is 367 g/mol. The summed E-state index contributed by atoms with van der Waals surface area (Å²) < 4.78 is 5.65. The second-order valence-corrected chi connectivity index (χ2v) is 7.62. The van der Waals surface area contributed by atoms with Crippen LogP contribution in [0.1, 0.15) is 30.1 Å². The molecule has 1 amide bonds. The predicted octanol–water partition coefficient (Wildman–Crippen LogP) is 4.12. The van der Waals surface area contributed by atoms with Crippen LogP contribution >= 0.6 is 11.8 Å². The fraction of sp³-hybridized carbons (Fsp3) is 0.350. The summed E-state index contributed by atoms with van der Waals surface area (Å²) >= 11 is 1.46. The molecule has 134 valence electrons. The summed E-state index contributed by atoms with van der Waals surface area (Å²) in [5, 5.41) is 0.821. The van der Waals surface area contributed by atoms with Gasteiger partial charge in [0.15, 0.2) is 0 Å². The number of amides is 1. The van der Waals surface area contributed by atoms with Gasteiger partial charge in [0.05, 0.1) is 29.0 Å². The van der Waals surface area contributed by atoms with Crippen molar-refractivity contribution in [3.8, 4) is 0 Å². The Morgan fingerprint density at radius 3 is 2.54 bits per heavy atom. The van der Waals surface area contributed by atoms with E-state index in [9.17, 15) is 4.79 Å². The lowest BCUT2D eigenvalue weighted by Crippen LogP contribution is -2.33. The van der Waals surface area contributed by atoms with Gasteiger partial charge in [0.2, 0.25) is 5.91 Å². The van der Waals surface area contributed by atoms with Crippen LogP contribution in [0.4, 0.5) is 0 Å². The lowest BCUT2D eigenvalue weighted by atomic mass is 10.3. The molecule has 0 aliphatic heterocycles. The Bertz CT molecular complexity index is 949. The minimum atomic E-state index is 0.126. The van der Waals surface area contributed by atoms with Crippen molar-refractivity contribution < 1.29 is 9.21 Å². The molecular formula is C20H21N3O2S. The highest BCUT2D eigenvalue weighted by molar-refractivity contribution is 7.99. The van der Waals surface area contributed by atoms with E-state index in [2.05, 4.69) is 9.97 Å². The fourth-order valence-corrected chi connectivity index (χ4v) is 3.81. The molecular weight excluding hydrogens is 346 g/mol. The molecule has 5 nitrogen and oxygen atoms in total. The van der Waals surface area contributed by atoms with E-state index in [1.54, 1.807) is 0 Å². The first-order valence-electron chi connectivity index (χ1n) is 8.81. The van der Waals surface area contributed by atoms with E-state index in [1.165, 1.54) is 11.8 Å². The number of hydrogen-bond acceptors (Lipinski definition) is 5. The van der Waals surface area contributed by atoms with Crippen molar-refractivity contribution in [2.24, 2.45) is 0 Å². The SMILES string of the molecule is Cc1ccc(CN(C(=O)CSc2nc3ccccc3nc2C)C2CC2)o1. The minimum Gasteiger partial charge on any atom is -0.464 e. The number of carbonyl (C=O) groups excluding carboxylic acids is 1. The zero-order valence-corrected chi connectivity index (χ0v) is 15.8. The molecule has 6 heteroatoms. The van der Waals surface area contributed by atoms with E-state index in [-0.39, 0.29) is 5.91 Å². The third kappa shape index (κ3) is 3.75. The summed E-state index contributed by atoms with van der Waals surface area (Å²) in [4.78, 5) is 24.0. The Hall–Kier alpha value is -2.34. The van der Waals surface area contributed by atoms with E-state index in [4.69, 9.17) is 4.42 Å². The standard InChI is InChI=1S/C20H21N3O2S/c1-13-7-10-16(25-13)11-23(15-8-9-15)19(24)12-26-20-14(2)21-17-5-3-4-6-18(17)22-20/h3-7,10,15H,8-9,11-12H2,1-2H3. The van der Waals surface area contributed by atoms with E-state index >= 15 is 0 Å². The van der Waals surface area contributed by atoms with Crippen molar-refractivity contribution >= 4 is 28.7 Å². The molecule has 1 aliphatic carbocycles. The minimum absolute atomic E-state index is 0.126. The third-order valence-electron chi connectivity index (χ3n) is 4.46. The third-order valence-corrected chi connectivity index (χ3v) is 5.52. The van der Waals surface area contributed by atoms with Gasteiger partial charge in [-0.1, -0.05) is 23.9 Å². The van der Waals surface area contributed by atoms with Crippen molar-refractivity contribution in [3.63, 3.8) is 0 Å².